The SMILES string of the molecule is CC1(C)c2cc3oc4ccccc4c3cc2-c2cc3c4ccccc4n(-c4ccc5c(c4)c4cc(-c6nc(-c7ccccc7)nc(-c7ccccc7)n6)ccc4n5-c4ccccc4)c3cc21. The first-order chi connectivity index (χ1) is 32.5. The molecule has 310 valence electrons. The lowest BCUT2D eigenvalue weighted by atomic mass is 9.82. The van der Waals surface area contributed by atoms with Crippen LogP contribution in [0.15, 0.2) is 205 Å². The van der Waals surface area contributed by atoms with Gasteiger partial charge in [-0.2, -0.15) is 0 Å². The second-order valence-electron chi connectivity index (χ2n) is 18.0. The third kappa shape index (κ3) is 5.33. The Hall–Kier alpha value is -8.61. The summed E-state index contributed by atoms with van der Waals surface area (Å²) < 4.78 is 11.3. The van der Waals surface area contributed by atoms with Gasteiger partial charge in [-0.3, -0.25) is 0 Å². The average molecular weight is 846 g/mol. The predicted molar refractivity (Wildman–Crippen MR) is 270 cm³/mol. The monoisotopic (exact) mass is 845 g/mol. The van der Waals surface area contributed by atoms with Gasteiger partial charge in [0, 0.05) is 65.8 Å². The topological polar surface area (TPSA) is 61.7 Å². The van der Waals surface area contributed by atoms with Crippen molar-refractivity contribution in [3.8, 4) is 56.7 Å². The van der Waals surface area contributed by atoms with Crippen LogP contribution >= 0.6 is 0 Å². The highest BCUT2D eigenvalue weighted by atomic mass is 16.3. The van der Waals surface area contributed by atoms with Crippen molar-refractivity contribution in [1.82, 2.24) is 24.1 Å². The van der Waals surface area contributed by atoms with Crippen LogP contribution in [0.25, 0.3) is 122 Å². The molecule has 66 heavy (non-hydrogen) atoms. The van der Waals surface area contributed by atoms with Gasteiger partial charge in [0.05, 0.1) is 22.1 Å². The van der Waals surface area contributed by atoms with Crippen LogP contribution in [-0.2, 0) is 5.41 Å². The van der Waals surface area contributed by atoms with Crippen molar-refractivity contribution in [1.29, 1.82) is 0 Å². The van der Waals surface area contributed by atoms with Gasteiger partial charge in [-0.1, -0.05) is 129 Å². The highest BCUT2D eigenvalue weighted by Gasteiger charge is 2.37. The lowest BCUT2D eigenvalue weighted by molar-refractivity contribution is 0.647. The number of aromatic nitrogens is 5. The highest BCUT2D eigenvalue weighted by molar-refractivity contribution is 6.15. The van der Waals surface area contributed by atoms with Gasteiger partial charge in [0.15, 0.2) is 17.5 Å². The molecule has 13 aromatic rings. The number of para-hydroxylation sites is 3. The first-order valence-electron chi connectivity index (χ1n) is 22.5. The van der Waals surface area contributed by atoms with Gasteiger partial charge in [0.2, 0.25) is 0 Å². The van der Waals surface area contributed by atoms with Crippen LogP contribution < -0.4 is 0 Å². The molecule has 0 radical (unpaired) electrons. The second kappa shape index (κ2) is 13.7. The Balaban J connectivity index is 0.994. The maximum absolute atomic E-state index is 6.43. The molecule has 6 nitrogen and oxygen atoms in total. The molecule has 0 bridgehead atoms. The molecule has 9 aromatic carbocycles. The van der Waals surface area contributed by atoms with E-state index in [9.17, 15) is 0 Å². The fourth-order valence-corrected chi connectivity index (χ4v) is 10.8. The summed E-state index contributed by atoms with van der Waals surface area (Å²) >= 11 is 0. The lowest BCUT2D eigenvalue weighted by Gasteiger charge is -2.21. The number of rotatable bonds is 5. The number of fused-ring (bicyclic) bond motifs is 12. The minimum absolute atomic E-state index is 0.244. The summed E-state index contributed by atoms with van der Waals surface area (Å²) in [4.78, 5) is 15.2. The fourth-order valence-electron chi connectivity index (χ4n) is 10.8. The summed E-state index contributed by atoms with van der Waals surface area (Å²) in [6.45, 7) is 4.70. The Kier molecular flexibility index (Phi) is 7.64. The molecule has 14 rings (SSSR count). The molecule has 0 spiro atoms. The van der Waals surface area contributed by atoms with Gasteiger partial charge in [-0.25, -0.2) is 15.0 Å². The molecule has 1 aliphatic rings. The number of hydrogen-bond donors (Lipinski definition) is 0. The van der Waals surface area contributed by atoms with Crippen molar-refractivity contribution in [2.75, 3.05) is 0 Å². The van der Waals surface area contributed by atoms with E-state index in [-0.39, 0.29) is 5.41 Å². The minimum Gasteiger partial charge on any atom is -0.456 e. The van der Waals surface area contributed by atoms with Crippen molar-refractivity contribution in [3.63, 3.8) is 0 Å². The lowest BCUT2D eigenvalue weighted by Crippen LogP contribution is -2.15. The Morgan fingerprint density at radius 1 is 0.348 bits per heavy atom. The smallest absolute Gasteiger partial charge is 0.164 e. The van der Waals surface area contributed by atoms with Crippen LogP contribution in [0.5, 0.6) is 0 Å². The zero-order chi connectivity index (χ0) is 43.7. The molecule has 6 heteroatoms. The predicted octanol–water partition coefficient (Wildman–Crippen LogP) is 15.3. The van der Waals surface area contributed by atoms with E-state index >= 15 is 0 Å². The van der Waals surface area contributed by atoms with E-state index in [1.54, 1.807) is 0 Å². The molecule has 0 atom stereocenters. The van der Waals surface area contributed by atoms with Crippen LogP contribution in [0.2, 0.25) is 0 Å². The molecule has 0 saturated heterocycles. The van der Waals surface area contributed by atoms with E-state index < -0.39 is 0 Å². The van der Waals surface area contributed by atoms with Crippen LogP contribution in [-0.4, -0.2) is 24.1 Å². The highest BCUT2D eigenvalue weighted by Crippen LogP contribution is 2.53. The summed E-state index contributed by atoms with van der Waals surface area (Å²) in [5.74, 6) is 1.91. The molecule has 4 heterocycles. The molecular formula is C60H39N5O. The van der Waals surface area contributed by atoms with Gasteiger partial charge in [0.1, 0.15) is 11.2 Å². The Labute approximate surface area is 379 Å². The fraction of sp³-hybridized carbons (Fsp3) is 0.0500. The van der Waals surface area contributed by atoms with Crippen LogP contribution in [0.1, 0.15) is 25.0 Å². The molecule has 4 aromatic heterocycles. The standard InChI is InChI=1S/C60H39N5O/c1-60(2)49-34-54-47(32-43(49)44-33-48-42-23-13-15-25-55(42)66-56(48)35-50(44)60)41-22-12-14-24-51(41)65(54)40-27-29-53-46(31-40)45-30-38(26-28-52(45)64(53)39-20-10-5-11-21-39)59-62-57(36-16-6-3-7-17-36)61-58(63-59)37-18-8-4-9-19-37/h3-35H,1-2H3. The molecule has 0 fully saturated rings. The van der Waals surface area contributed by atoms with E-state index in [0.717, 1.165) is 71.8 Å². The third-order valence-corrected chi connectivity index (χ3v) is 13.9. The van der Waals surface area contributed by atoms with E-state index in [2.05, 4.69) is 181 Å². The second-order valence-corrected chi connectivity index (χ2v) is 18.0. The van der Waals surface area contributed by atoms with Crippen molar-refractivity contribution in [2.45, 2.75) is 19.3 Å². The van der Waals surface area contributed by atoms with Crippen LogP contribution in [0, 0.1) is 0 Å². The van der Waals surface area contributed by atoms with E-state index in [4.69, 9.17) is 19.4 Å². The first-order valence-corrected chi connectivity index (χ1v) is 22.5. The molecular weight excluding hydrogens is 807 g/mol. The zero-order valence-corrected chi connectivity index (χ0v) is 36.2. The van der Waals surface area contributed by atoms with E-state index in [0.29, 0.717) is 17.5 Å². The molecule has 0 saturated carbocycles. The molecule has 0 unspecified atom stereocenters. The summed E-state index contributed by atoms with van der Waals surface area (Å²) in [6.07, 6.45) is 0. The van der Waals surface area contributed by atoms with Gasteiger partial charge >= 0.3 is 0 Å². The van der Waals surface area contributed by atoms with Gasteiger partial charge in [-0.05, 0) is 107 Å². The van der Waals surface area contributed by atoms with Crippen molar-refractivity contribution >= 4 is 65.6 Å². The Bertz CT molecular complexity index is 4070. The quantitative estimate of drug-likeness (QED) is 0.173. The summed E-state index contributed by atoms with van der Waals surface area (Å²) in [5, 5.41) is 7.03. The summed E-state index contributed by atoms with van der Waals surface area (Å²) in [7, 11) is 0. The number of furan rings is 1. The van der Waals surface area contributed by atoms with Gasteiger partial charge in [0.25, 0.3) is 0 Å². The number of hydrogen-bond acceptors (Lipinski definition) is 4. The normalized spacial score (nSPS) is 13.1. The zero-order valence-electron chi connectivity index (χ0n) is 36.2. The largest absolute Gasteiger partial charge is 0.456 e. The summed E-state index contributed by atoms with van der Waals surface area (Å²) in [6, 6.07) is 71.2. The van der Waals surface area contributed by atoms with Gasteiger partial charge < -0.3 is 13.6 Å². The molecule has 0 aliphatic heterocycles. The maximum atomic E-state index is 6.43. The minimum atomic E-state index is -0.244. The molecule has 0 amide bonds. The van der Waals surface area contributed by atoms with Crippen molar-refractivity contribution in [3.05, 3.63) is 211 Å². The number of nitrogens with zero attached hydrogens (tertiary/aromatic N) is 5. The van der Waals surface area contributed by atoms with E-state index in [1.807, 2.05) is 42.5 Å². The van der Waals surface area contributed by atoms with E-state index in [1.165, 1.54) is 44.1 Å². The van der Waals surface area contributed by atoms with Crippen LogP contribution in [0.3, 0.4) is 0 Å². The Morgan fingerprint density at radius 3 is 1.58 bits per heavy atom. The molecule has 0 N–H and O–H groups in total. The van der Waals surface area contributed by atoms with Crippen LogP contribution in [0.4, 0.5) is 0 Å². The van der Waals surface area contributed by atoms with Crippen molar-refractivity contribution in [2.24, 2.45) is 0 Å². The molecule has 1 aliphatic carbocycles. The Morgan fingerprint density at radius 2 is 0.864 bits per heavy atom. The van der Waals surface area contributed by atoms with Gasteiger partial charge in [-0.15, -0.1) is 0 Å². The summed E-state index contributed by atoms with van der Waals surface area (Å²) in [5.41, 5.74) is 16.4. The van der Waals surface area contributed by atoms with Crippen molar-refractivity contribution < 1.29 is 4.42 Å². The maximum Gasteiger partial charge on any atom is 0.164 e. The number of benzene rings is 9. The average Bonchev–Trinajstić information content (AvgIpc) is 4.07. The third-order valence-electron chi connectivity index (χ3n) is 13.9. The first kappa shape index (κ1) is 36.8.